The van der Waals surface area contributed by atoms with Gasteiger partial charge in [-0.15, -0.1) is 0 Å². The molecule has 0 N–H and O–H groups in total. The number of rotatable bonds is 31. The molecule has 0 spiro atoms. The maximum Gasteiger partial charge on any atom is 0.228 e. The van der Waals surface area contributed by atoms with Crippen molar-refractivity contribution in [3.63, 3.8) is 0 Å². The minimum absolute atomic E-state index is 0.00667. The monoisotopic (exact) mass is 863 g/mol. The number of Topliss-reactive ketones (excluding diaryl/α,β-unsaturated/α-hetero) is 2. The van der Waals surface area contributed by atoms with Gasteiger partial charge in [-0.3, -0.25) is 9.59 Å². The largest absolute Gasteiger partial charge is 0.489 e. The number of carbonyl (C=O) groups is 2. The summed E-state index contributed by atoms with van der Waals surface area (Å²) in [5.74, 6) is -0.572. The van der Waals surface area contributed by atoms with Crippen LogP contribution in [0.15, 0.2) is 139 Å². The zero-order valence-electron chi connectivity index (χ0n) is 42.8. The van der Waals surface area contributed by atoms with Crippen molar-refractivity contribution in [1.29, 1.82) is 0 Å². The van der Waals surface area contributed by atoms with Crippen LogP contribution in [0.5, 0.6) is 0 Å². The van der Waals surface area contributed by atoms with E-state index in [4.69, 9.17) is 9.47 Å². The summed E-state index contributed by atoms with van der Waals surface area (Å²) in [4.78, 5) is 25.5. The van der Waals surface area contributed by atoms with Crippen LogP contribution in [-0.2, 0) is 19.1 Å². The lowest BCUT2D eigenvalue weighted by molar-refractivity contribution is -0.121. The maximum atomic E-state index is 12.9. The van der Waals surface area contributed by atoms with Gasteiger partial charge in [-0.1, -0.05) is 116 Å². The molecule has 0 aromatic heterocycles. The average molecular weight is 863 g/mol. The van der Waals surface area contributed by atoms with Crippen molar-refractivity contribution in [1.82, 2.24) is 0 Å². The molecule has 0 bridgehead atoms. The lowest BCUT2D eigenvalue weighted by atomic mass is 9.90. The topological polar surface area (TPSA) is 52.6 Å². The first kappa shape index (κ1) is 56.8. The predicted octanol–water partition coefficient (Wildman–Crippen LogP) is 17.9. The molecule has 4 nitrogen and oxygen atoms in total. The van der Waals surface area contributed by atoms with E-state index in [1.165, 1.54) is 89.2 Å². The Morgan fingerprint density at radius 3 is 0.810 bits per heavy atom. The first-order valence-corrected chi connectivity index (χ1v) is 24.1. The lowest BCUT2D eigenvalue weighted by Crippen LogP contribution is -2.24. The van der Waals surface area contributed by atoms with Gasteiger partial charge in [-0.25, -0.2) is 0 Å². The van der Waals surface area contributed by atoms with Crippen molar-refractivity contribution in [3.05, 3.63) is 139 Å². The van der Waals surface area contributed by atoms with Crippen molar-refractivity contribution >= 4 is 11.6 Å². The standard InChI is InChI=1S/C59H90O4/c1-44(2)24-15-25-45(3)26-16-27-46(4)28-17-29-47(5)30-18-31-48(6)32-19-33-49(7)34-20-35-50(8)36-21-37-51(9)38-22-39-52(10)40-23-41-53(11)42-43-55-54(12)56(60)58(62-13)59(63-14)57(55)61/h24,26,28,30,32,34,36,38,40,42H,15-23,25,27,29,31,33,35,37,39,41,43H2,1-14H3/b45-26+,46-28+,47-30+,48-32+,49-34+,50-36+,51-38+,52-40-,53-42+. The van der Waals surface area contributed by atoms with E-state index in [0.717, 1.165) is 96.3 Å². The fraction of sp³-hybridized carbons (Fsp3) is 0.559. The maximum absolute atomic E-state index is 12.9. The number of hydrogen-bond acceptors (Lipinski definition) is 4. The molecular weight excluding hydrogens is 773 g/mol. The molecule has 0 radical (unpaired) electrons. The van der Waals surface area contributed by atoms with Crippen molar-refractivity contribution in [2.45, 2.75) is 205 Å². The van der Waals surface area contributed by atoms with Gasteiger partial charge in [0.05, 0.1) is 14.2 Å². The fourth-order valence-corrected chi connectivity index (χ4v) is 7.59. The molecule has 1 rings (SSSR count). The van der Waals surface area contributed by atoms with Gasteiger partial charge >= 0.3 is 0 Å². The summed E-state index contributed by atoms with van der Waals surface area (Å²) >= 11 is 0. The Balaban J connectivity index is 2.31. The second kappa shape index (κ2) is 33.3. The van der Waals surface area contributed by atoms with Gasteiger partial charge in [0.15, 0.2) is 0 Å². The van der Waals surface area contributed by atoms with E-state index in [2.05, 4.69) is 137 Å². The number of carbonyl (C=O) groups excluding carboxylic acids is 2. The Hall–Kier alpha value is -4.18. The van der Waals surface area contributed by atoms with Crippen molar-refractivity contribution in [3.8, 4) is 0 Å². The van der Waals surface area contributed by atoms with E-state index in [9.17, 15) is 9.59 Å². The molecule has 0 saturated carbocycles. The first-order chi connectivity index (χ1) is 30.0. The molecule has 0 aromatic carbocycles. The van der Waals surface area contributed by atoms with Gasteiger partial charge in [-0.2, -0.15) is 0 Å². The summed E-state index contributed by atoms with van der Waals surface area (Å²) in [6.07, 6.45) is 44.3. The normalized spacial score (nSPS) is 15.9. The third kappa shape index (κ3) is 26.3. The SMILES string of the molecule is COC1=C(OC)C(=O)C(C/C=C(\C)CC/C=C(/C)CC/C=C(\C)CC/C=C(\C)CC/C=C(\C)CC/C=C(\C)CC/C=C(\C)CC/C=C(\C)CC/C=C(\C)CCC=C(C)C)=C(C)C1=O. The fourth-order valence-electron chi connectivity index (χ4n) is 7.59. The Kier molecular flexibility index (Phi) is 30.1. The molecule has 63 heavy (non-hydrogen) atoms. The van der Waals surface area contributed by atoms with Crippen LogP contribution in [0.4, 0.5) is 0 Å². The lowest BCUT2D eigenvalue weighted by Gasteiger charge is -2.19. The molecule has 0 unspecified atom stereocenters. The third-order valence-electron chi connectivity index (χ3n) is 12.1. The summed E-state index contributed by atoms with van der Waals surface area (Å²) in [5, 5.41) is 0. The zero-order valence-corrected chi connectivity index (χ0v) is 42.8. The zero-order chi connectivity index (χ0) is 47.2. The molecule has 1 aliphatic carbocycles. The molecular formula is C59H90O4. The van der Waals surface area contributed by atoms with Crippen LogP contribution in [0.1, 0.15) is 205 Å². The van der Waals surface area contributed by atoms with Gasteiger partial charge < -0.3 is 9.47 Å². The molecule has 350 valence electrons. The van der Waals surface area contributed by atoms with Crippen LogP contribution in [-0.4, -0.2) is 25.8 Å². The summed E-state index contributed by atoms with van der Waals surface area (Å²) in [7, 11) is 2.78. The Labute approximate surface area is 387 Å². The third-order valence-corrected chi connectivity index (χ3v) is 12.1. The summed E-state index contributed by atoms with van der Waals surface area (Å²) in [6.45, 7) is 26.3. The second-order valence-electron chi connectivity index (χ2n) is 18.6. The molecule has 0 amide bonds. The number of ketones is 2. The summed E-state index contributed by atoms with van der Waals surface area (Å²) < 4.78 is 10.3. The highest BCUT2D eigenvalue weighted by Crippen LogP contribution is 2.28. The Morgan fingerprint density at radius 1 is 0.349 bits per heavy atom. The summed E-state index contributed by atoms with van der Waals surface area (Å²) in [6, 6.07) is 0. The van der Waals surface area contributed by atoms with Crippen LogP contribution in [0.3, 0.4) is 0 Å². The molecule has 0 fully saturated rings. The molecule has 0 atom stereocenters. The Bertz CT molecular complexity index is 1840. The van der Waals surface area contributed by atoms with E-state index in [1.54, 1.807) is 6.92 Å². The van der Waals surface area contributed by atoms with E-state index in [0.29, 0.717) is 17.6 Å². The molecule has 0 saturated heterocycles. The number of methoxy groups -OCH3 is 2. The Morgan fingerprint density at radius 2 is 0.571 bits per heavy atom. The first-order valence-electron chi connectivity index (χ1n) is 24.1. The van der Waals surface area contributed by atoms with E-state index in [1.807, 2.05) is 0 Å². The predicted molar refractivity (Wildman–Crippen MR) is 275 cm³/mol. The van der Waals surface area contributed by atoms with Gasteiger partial charge in [0.2, 0.25) is 23.1 Å². The number of hydrogen-bond donors (Lipinski definition) is 0. The minimum atomic E-state index is -0.284. The van der Waals surface area contributed by atoms with Gasteiger partial charge in [-0.05, 0) is 205 Å². The molecule has 1 aliphatic rings. The highest BCUT2D eigenvalue weighted by Gasteiger charge is 2.34. The highest BCUT2D eigenvalue weighted by atomic mass is 16.5. The smallest absolute Gasteiger partial charge is 0.228 e. The van der Waals surface area contributed by atoms with E-state index < -0.39 is 0 Å². The van der Waals surface area contributed by atoms with E-state index in [-0.39, 0.29) is 23.1 Å². The van der Waals surface area contributed by atoms with Crippen LogP contribution in [0.2, 0.25) is 0 Å². The quantitative estimate of drug-likeness (QED) is 0.0515. The van der Waals surface area contributed by atoms with Crippen LogP contribution in [0, 0.1) is 0 Å². The van der Waals surface area contributed by atoms with Gasteiger partial charge in [0.25, 0.3) is 0 Å². The van der Waals surface area contributed by atoms with Crippen molar-refractivity contribution in [2.75, 3.05) is 14.2 Å². The molecule has 0 aromatic rings. The van der Waals surface area contributed by atoms with E-state index >= 15 is 0 Å². The average Bonchev–Trinajstić information content (AvgIpc) is 3.21. The minimum Gasteiger partial charge on any atom is -0.489 e. The number of ether oxygens (including phenoxy) is 2. The van der Waals surface area contributed by atoms with Gasteiger partial charge in [0, 0.05) is 11.1 Å². The van der Waals surface area contributed by atoms with Crippen LogP contribution < -0.4 is 0 Å². The molecule has 0 heterocycles. The summed E-state index contributed by atoms with van der Waals surface area (Å²) in [5.41, 5.74) is 15.5. The van der Waals surface area contributed by atoms with Gasteiger partial charge in [0.1, 0.15) is 0 Å². The van der Waals surface area contributed by atoms with Crippen LogP contribution >= 0.6 is 0 Å². The van der Waals surface area contributed by atoms with Crippen molar-refractivity contribution < 1.29 is 19.1 Å². The highest BCUT2D eigenvalue weighted by molar-refractivity contribution is 6.23. The second-order valence-corrected chi connectivity index (χ2v) is 18.6. The molecule has 4 heteroatoms. The molecule has 0 aliphatic heterocycles. The van der Waals surface area contributed by atoms with Crippen molar-refractivity contribution in [2.24, 2.45) is 0 Å². The number of allylic oxidation sites excluding steroid dienone is 22. The van der Waals surface area contributed by atoms with Crippen LogP contribution in [0.25, 0.3) is 0 Å².